The molecule has 2 aliphatic rings. The first-order valence-electron chi connectivity index (χ1n) is 13.1. The fourth-order valence-electron chi connectivity index (χ4n) is 5.90. The van der Waals surface area contributed by atoms with Gasteiger partial charge in [0.25, 0.3) is 0 Å². The Morgan fingerprint density at radius 3 is 2.21 bits per heavy atom. The lowest BCUT2D eigenvalue weighted by Gasteiger charge is -2.37. The van der Waals surface area contributed by atoms with E-state index in [0.717, 1.165) is 47.1 Å². The molecule has 0 fully saturated rings. The second-order valence-corrected chi connectivity index (χ2v) is 10.6. The highest BCUT2D eigenvalue weighted by molar-refractivity contribution is 5.82. The van der Waals surface area contributed by atoms with E-state index in [4.69, 9.17) is 18.9 Å². The molecule has 7 heteroatoms. The standard InChI is InChI=1S/C31H36O7/c1-16(2)6-7-17-10-23-22-14-24(33)31(18-11-27(36-4)30(34)28(12-18)37-5)38-25(22)15-26(35-3)29(23)20-9-8-19(32)13-21(17)20/h8-9,11-13,15-17,24,31-34H,6-7,10,14H2,1-5H3/t17-,24-,31+/m1/s1. The van der Waals surface area contributed by atoms with Crippen molar-refractivity contribution < 1.29 is 34.3 Å². The molecule has 38 heavy (non-hydrogen) atoms. The summed E-state index contributed by atoms with van der Waals surface area (Å²) in [6.45, 7) is 4.45. The number of phenolic OH excluding ortho intramolecular Hbond substituents is 2. The van der Waals surface area contributed by atoms with Gasteiger partial charge >= 0.3 is 0 Å². The molecular weight excluding hydrogens is 484 g/mol. The topological polar surface area (TPSA) is 97.6 Å². The third kappa shape index (κ3) is 4.49. The van der Waals surface area contributed by atoms with Crippen molar-refractivity contribution in [3.05, 3.63) is 58.7 Å². The van der Waals surface area contributed by atoms with Gasteiger partial charge in [0.15, 0.2) is 17.6 Å². The highest BCUT2D eigenvalue weighted by Gasteiger charge is 2.37. The first kappa shape index (κ1) is 26.0. The Bertz CT molecular complexity index is 1320. The number of hydrogen-bond acceptors (Lipinski definition) is 7. The summed E-state index contributed by atoms with van der Waals surface area (Å²) < 4.78 is 23.0. The molecule has 3 aromatic rings. The third-order valence-corrected chi connectivity index (χ3v) is 7.83. The van der Waals surface area contributed by atoms with Crippen molar-refractivity contribution in [3.8, 4) is 45.6 Å². The summed E-state index contributed by atoms with van der Waals surface area (Å²) in [4.78, 5) is 0. The van der Waals surface area contributed by atoms with E-state index in [0.29, 0.717) is 29.4 Å². The largest absolute Gasteiger partial charge is 0.508 e. The van der Waals surface area contributed by atoms with E-state index in [1.54, 1.807) is 25.3 Å². The number of aliphatic hydroxyl groups is 1. The van der Waals surface area contributed by atoms with Gasteiger partial charge in [-0.05, 0) is 65.6 Å². The normalized spacial score (nSPS) is 19.7. The molecule has 0 radical (unpaired) electrons. The summed E-state index contributed by atoms with van der Waals surface area (Å²) in [6, 6.07) is 10.8. The van der Waals surface area contributed by atoms with Gasteiger partial charge in [-0.25, -0.2) is 0 Å². The average Bonchev–Trinajstić information content (AvgIpc) is 2.91. The Morgan fingerprint density at radius 2 is 1.58 bits per heavy atom. The van der Waals surface area contributed by atoms with Gasteiger partial charge in [-0.1, -0.05) is 26.3 Å². The molecule has 0 unspecified atom stereocenters. The van der Waals surface area contributed by atoms with Crippen LogP contribution in [0.1, 0.15) is 61.0 Å². The summed E-state index contributed by atoms with van der Waals surface area (Å²) >= 11 is 0. The smallest absolute Gasteiger partial charge is 0.200 e. The lowest BCUT2D eigenvalue weighted by molar-refractivity contribution is 0.0201. The van der Waals surface area contributed by atoms with Gasteiger partial charge in [0, 0.05) is 29.2 Å². The molecule has 1 aliphatic carbocycles. The van der Waals surface area contributed by atoms with Crippen molar-refractivity contribution in [2.75, 3.05) is 21.3 Å². The van der Waals surface area contributed by atoms with Crippen LogP contribution in [0, 0.1) is 5.92 Å². The number of methoxy groups -OCH3 is 3. The van der Waals surface area contributed by atoms with Crippen molar-refractivity contribution in [2.24, 2.45) is 5.92 Å². The maximum atomic E-state index is 11.3. The molecular formula is C31H36O7. The van der Waals surface area contributed by atoms with Crippen LogP contribution in [0.15, 0.2) is 36.4 Å². The minimum absolute atomic E-state index is 0.0997. The monoisotopic (exact) mass is 520 g/mol. The highest BCUT2D eigenvalue weighted by atomic mass is 16.5. The Labute approximate surface area is 223 Å². The average molecular weight is 521 g/mol. The lowest BCUT2D eigenvalue weighted by atomic mass is 9.73. The van der Waals surface area contributed by atoms with Gasteiger partial charge in [-0.3, -0.25) is 0 Å². The molecule has 0 bridgehead atoms. The molecule has 7 nitrogen and oxygen atoms in total. The van der Waals surface area contributed by atoms with Crippen molar-refractivity contribution in [1.29, 1.82) is 0 Å². The van der Waals surface area contributed by atoms with Crippen LogP contribution in [0.25, 0.3) is 11.1 Å². The first-order chi connectivity index (χ1) is 18.2. The maximum Gasteiger partial charge on any atom is 0.200 e. The summed E-state index contributed by atoms with van der Waals surface area (Å²) in [7, 11) is 4.59. The van der Waals surface area contributed by atoms with Crippen LogP contribution in [0.4, 0.5) is 0 Å². The van der Waals surface area contributed by atoms with Crippen molar-refractivity contribution in [2.45, 2.75) is 57.7 Å². The van der Waals surface area contributed by atoms with E-state index < -0.39 is 12.2 Å². The predicted octanol–water partition coefficient (Wildman–Crippen LogP) is 5.90. The van der Waals surface area contributed by atoms with Crippen LogP contribution in [0.5, 0.6) is 34.5 Å². The minimum Gasteiger partial charge on any atom is -0.508 e. The second kappa shape index (κ2) is 10.3. The van der Waals surface area contributed by atoms with Gasteiger partial charge in [-0.15, -0.1) is 0 Å². The Kier molecular flexibility index (Phi) is 7.05. The third-order valence-electron chi connectivity index (χ3n) is 7.83. The van der Waals surface area contributed by atoms with Gasteiger partial charge < -0.3 is 34.3 Å². The number of benzene rings is 3. The molecule has 0 saturated carbocycles. The quantitative estimate of drug-likeness (QED) is 0.357. The zero-order valence-electron chi connectivity index (χ0n) is 22.6. The predicted molar refractivity (Wildman–Crippen MR) is 145 cm³/mol. The number of fused-ring (bicyclic) bond motifs is 5. The van der Waals surface area contributed by atoms with Crippen molar-refractivity contribution >= 4 is 0 Å². The minimum atomic E-state index is -0.825. The molecule has 1 aliphatic heterocycles. The van der Waals surface area contributed by atoms with Crippen molar-refractivity contribution in [1.82, 2.24) is 0 Å². The van der Waals surface area contributed by atoms with Crippen molar-refractivity contribution in [3.63, 3.8) is 0 Å². The SMILES string of the molecule is COc1cc([C@@H]2Oc3cc(OC)c4c(c3C[C@H]2O)C[C@@H](CCC(C)C)c2cc(O)ccc2-4)cc(OC)c1O. The number of aromatic hydroxyl groups is 2. The molecule has 202 valence electrons. The maximum absolute atomic E-state index is 11.3. The lowest BCUT2D eigenvalue weighted by Crippen LogP contribution is -2.32. The van der Waals surface area contributed by atoms with Crippen LogP contribution in [0.3, 0.4) is 0 Å². The number of rotatable bonds is 7. The van der Waals surface area contributed by atoms with Crippen LogP contribution in [-0.2, 0) is 12.8 Å². The van der Waals surface area contributed by atoms with E-state index in [1.807, 2.05) is 18.2 Å². The first-order valence-corrected chi connectivity index (χ1v) is 13.1. The molecule has 3 aromatic carbocycles. The fraction of sp³-hybridized carbons (Fsp3) is 0.419. The number of aliphatic hydroxyl groups excluding tert-OH is 1. The van der Waals surface area contributed by atoms with Crippen LogP contribution in [-0.4, -0.2) is 42.8 Å². The molecule has 1 heterocycles. The molecule has 3 atom stereocenters. The molecule has 0 amide bonds. The molecule has 0 saturated heterocycles. The Morgan fingerprint density at radius 1 is 0.895 bits per heavy atom. The van der Waals surface area contributed by atoms with Gasteiger partial charge in [0.05, 0.1) is 27.4 Å². The number of hydrogen-bond donors (Lipinski definition) is 3. The molecule has 3 N–H and O–H groups in total. The Balaban J connectivity index is 1.61. The molecule has 5 rings (SSSR count). The number of phenols is 2. The zero-order valence-corrected chi connectivity index (χ0v) is 22.6. The summed E-state index contributed by atoms with van der Waals surface area (Å²) in [5, 5.41) is 32.0. The van der Waals surface area contributed by atoms with Crippen LogP contribution < -0.4 is 18.9 Å². The highest BCUT2D eigenvalue weighted by Crippen LogP contribution is 2.53. The van der Waals surface area contributed by atoms with E-state index in [2.05, 4.69) is 13.8 Å². The van der Waals surface area contributed by atoms with E-state index in [9.17, 15) is 15.3 Å². The van der Waals surface area contributed by atoms with Gasteiger partial charge in [0.1, 0.15) is 17.2 Å². The second-order valence-electron chi connectivity index (χ2n) is 10.6. The van der Waals surface area contributed by atoms with E-state index >= 15 is 0 Å². The molecule has 0 aromatic heterocycles. The zero-order chi connectivity index (χ0) is 27.1. The van der Waals surface area contributed by atoms with Crippen LogP contribution >= 0.6 is 0 Å². The summed E-state index contributed by atoms with van der Waals surface area (Å²) in [5.74, 6) is 2.84. The van der Waals surface area contributed by atoms with E-state index in [1.165, 1.54) is 14.2 Å². The Hall–Kier alpha value is -3.58. The number of ether oxygens (including phenoxy) is 4. The van der Waals surface area contributed by atoms with Crippen LogP contribution in [0.2, 0.25) is 0 Å². The van der Waals surface area contributed by atoms with Gasteiger partial charge in [-0.2, -0.15) is 0 Å². The molecule has 0 spiro atoms. The summed E-state index contributed by atoms with van der Waals surface area (Å²) in [5.41, 5.74) is 5.95. The fourth-order valence-corrected chi connectivity index (χ4v) is 5.90. The summed E-state index contributed by atoms with van der Waals surface area (Å²) in [6.07, 6.45) is 1.75. The van der Waals surface area contributed by atoms with E-state index in [-0.39, 0.29) is 28.9 Å². The van der Waals surface area contributed by atoms with Gasteiger partial charge in [0.2, 0.25) is 5.75 Å².